The van der Waals surface area contributed by atoms with Gasteiger partial charge in [0.15, 0.2) is 5.65 Å². The van der Waals surface area contributed by atoms with Gasteiger partial charge in [0.05, 0.1) is 5.56 Å². The van der Waals surface area contributed by atoms with Gasteiger partial charge in [-0.15, -0.1) is 0 Å². The minimum atomic E-state index is -4.44. The van der Waals surface area contributed by atoms with Gasteiger partial charge in [0, 0.05) is 20.5 Å². The predicted octanol–water partition coefficient (Wildman–Crippen LogP) is 2.59. The lowest BCUT2D eigenvalue weighted by Crippen LogP contribution is -2.08. The summed E-state index contributed by atoms with van der Waals surface area (Å²) < 4.78 is 40.5. The number of hydrogen-bond acceptors (Lipinski definition) is 3. The second kappa shape index (κ2) is 4.15. The van der Waals surface area contributed by atoms with Gasteiger partial charge in [-0.3, -0.25) is 0 Å². The first-order valence-corrected chi connectivity index (χ1v) is 5.49. The highest BCUT2D eigenvalue weighted by Crippen LogP contribution is 2.35. The molecule has 0 bridgehead atoms. The Labute approximate surface area is 102 Å². The minimum absolute atomic E-state index is 0.0964. The summed E-state index contributed by atoms with van der Waals surface area (Å²) in [6, 6.07) is 0.981. The van der Waals surface area contributed by atoms with E-state index in [1.54, 1.807) is 11.6 Å². The summed E-state index contributed by atoms with van der Waals surface area (Å²) in [5.74, 6) is 0.761. The molecular weight excluding hydrogens is 245 g/mol. The number of aryl methyl sites for hydroxylation is 2. The Hall–Kier alpha value is -1.79. The van der Waals surface area contributed by atoms with Crippen molar-refractivity contribution in [2.24, 2.45) is 7.05 Å². The largest absolute Gasteiger partial charge is 0.418 e. The third kappa shape index (κ3) is 1.89. The van der Waals surface area contributed by atoms with E-state index < -0.39 is 11.7 Å². The number of nitrogens with zero attached hydrogens (tertiary/aromatic N) is 3. The Morgan fingerprint density at radius 2 is 2.00 bits per heavy atom. The van der Waals surface area contributed by atoms with Crippen molar-refractivity contribution in [1.82, 2.24) is 14.5 Å². The lowest BCUT2D eigenvalue weighted by Gasteiger charge is -2.09. The van der Waals surface area contributed by atoms with Gasteiger partial charge < -0.3 is 9.88 Å². The number of anilines is 1. The highest BCUT2D eigenvalue weighted by atomic mass is 19.4. The van der Waals surface area contributed by atoms with Crippen molar-refractivity contribution in [3.8, 4) is 0 Å². The number of imidazole rings is 1. The molecule has 0 aliphatic carbocycles. The average Bonchev–Trinajstić information content (AvgIpc) is 2.64. The number of rotatable bonds is 2. The van der Waals surface area contributed by atoms with Crippen LogP contribution in [-0.4, -0.2) is 21.6 Å². The van der Waals surface area contributed by atoms with Crippen molar-refractivity contribution in [2.45, 2.75) is 19.5 Å². The smallest absolute Gasteiger partial charge is 0.373 e. The van der Waals surface area contributed by atoms with E-state index in [1.807, 2.05) is 6.92 Å². The molecule has 2 aromatic rings. The molecular formula is C11H13F3N4. The van der Waals surface area contributed by atoms with Crippen LogP contribution in [-0.2, 0) is 19.6 Å². The van der Waals surface area contributed by atoms with Gasteiger partial charge in [-0.2, -0.15) is 13.2 Å². The second-order valence-electron chi connectivity index (χ2n) is 3.92. The Bertz CT molecular complexity index is 586. The summed E-state index contributed by atoms with van der Waals surface area (Å²) in [5.41, 5.74) is -0.612. The zero-order valence-electron chi connectivity index (χ0n) is 10.3. The minimum Gasteiger partial charge on any atom is -0.373 e. The van der Waals surface area contributed by atoms with Crippen LogP contribution in [0.4, 0.5) is 19.0 Å². The average molecular weight is 258 g/mol. The maximum absolute atomic E-state index is 13.0. The molecule has 0 aromatic carbocycles. The van der Waals surface area contributed by atoms with Gasteiger partial charge >= 0.3 is 6.18 Å². The zero-order chi connectivity index (χ0) is 13.5. The molecule has 0 fully saturated rings. The van der Waals surface area contributed by atoms with Crippen LogP contribution in [0.5, 0.6) is 0 Å². The molecule has 0 spiro atoms. The van der Waals surface area contributed by atoms with Crippen molar-refractivity contribution < 1.29 is 13.2 Å². The molecule has 0 unspecified atom stereocenters. The van der Waals surface area contributed by atoms with Crippen LogP contribution >= 0.6 is 0 Å². The molecule has 0 atom stereocenters. The number of nitrogens with one attached hydrogen (secondary N) is 1. The summed E-state index contributed by atoms with van der Waals surface area (Å²) in [5, 5.41) is 2.63. The van der Waals surface area contributed by atoms with Crippen molar-refractivity contribution in [3.05, 3.63) is 17.5 Å². The predicted molar refractivity (Wildman–Crippen MR) is 62.4 cm³/mol. The molecule has 98 valence electrons. The fraction of sp³-hybridized carbons (Fsp3) is 0.455. The molecule has 0 saturated carbocycles. The number of halogens is 3. The summed E-state index contributed by atoms with van der Waals surface area (Å²) in [6.45, 7) is 1.84. The Morgan fingerprint density at radius 3 is 2.50 bits per heavy atom. The van der Waals surface area contributed by atoms with Gasteiger partial charge in [0.2, 0.25) is 0 Å². The van der Waals surface area contributed by atoms with E-state index in [-0.39, 0.29) is 17.0 Å². The van der Waals surface area contributed by atoms with E-state index >= 15 is 0 Å². The van der Waals surface area contributed by atoms with Gasteiger partial charge in [-0.25, -0.2) is 9.97 Å². The maximum Gasteiger partial charge on any atom is 0.418 e. The first-order valence-electron chi connectivity index (χ1n) is 5.49. The summed E-state index contributed by atoms with van der Waals surface area (Å²) in [4.78, 5) is 8.15. The number of pyridine rings is 1. The van der Waals surface area contributed by atoms with E-state index in [1.165, 1.54) is 7.05 Å². The molecule has 2 aromatic heterocycles. The molecule has 0 aliphatic heterocycles. The normalized spacial score (nSPS) is 12.1. The Balaban J connectivity index is 2.83. The maximum atomic E-state index is 13.0. The highest BCUT2D eigenvalue weighted by Gasteiger charge is 2.35. The van der Waals surface area contributed by atoms with E-state index in [2.05, 4.69) is 15.3 Å². The molecule has 0 aliphatic rings. The first-order chi connectivity index (χ1) is 8.38. The van der Waals surface area contributed by atoms with Crippen LogP contribution in [0.1, 0.15) is 18.3 Å². The van der Waals surface area contributed by atoms with Gasteiger partial charge in [0.25, 0.3) is 0 Å². The van der Waals surface area contributed by atoms with Crippen LogP contribution in [0.25, 0.3) is 11.2 Å². The second-order valence-corrected chi connectivity index (χ2v) is 3.92. The lowest BCUT2D eigenvalue weighted by molar-refractivity contribution is -0.136. The van der Waals surface area contributed by atoms with Crippen molar-refractivity contribution in [1.29, 1.82) is 0 Å². The number of alkyl halides is 3. The number of fused-ring (bicyclic) bond motifs is 1. The van der Waals surface area contributed by atoms with E-state index in [0.717, 1.165) is 6.07 Å². The van der Waals surface area contributed by atoms with Gasteiger partial charge in [-0.1, -0.05) is 6.92 Å². The van der Waals surface area contributed by atoms with Crippen LogP contribution < -0.4 is 5.32 Å². The molecule has 18 heavy (non-hydrogen) atoms. The monoisotopic (exact) mass is 258 g/mol. The molecule has 0 saturated heterocycles. The van der Waals surface area contributed by atoms with Crippen molar-refractivity contribution in [2.75, 3.05) is 12.4 Å². The Kier molecular flexibility index (Phi) is 2.92. The molecule has 0 amide bonds. The molecule has 7 heteroatoms. The highest BCUT2D eigenvalue weighted by molar-refractivity contribution is 5.79. The molecule has 2 rings (SSSR count). The molecule has 4 nitrogen and oxygen atoms in total. The lowest BCUT2D eigenvalue weighted by atomic mass is 10.2. The van der Waals surface area contributed by atoms with Crippen LogP contribution in [0.15, 0.2) is 6.07 Å². The van der Waals surface area contributed by atoms with Gasteiger partial charge in [0.1, 0.15) is 17.2 Å². The van der Waals surface area contributed by atoms with Crippen molar-refractivity contribution >= 4 is 17.0 Å². The quantitative estimate of drug-likeness (QED) is 0.900. The molecule has 0 radical (unpaired) electrons. The first kappa shape index (κ1) is 12.7. The van der Waals surface area contributed by atoms with Crippen LogP contribution in [0.3, 0.4) is 0 Å². The van der Waals surface area contributed by atoms with E-state index in [0.29, 0.717) is 12.2 Å². The third-order valence-electron chi connectivity index (χ3n) is 2.80. The SMILES string of the molecule is CCc1nc2c(C(F)(F)F)cc(NC)nc2n1C. The fourth-order valence-electron chi connectivity index (χ4n) is 1.86. The molecule has 1 N–H and O–H groups in total. The third-order valence-corrected chi connectivity index (χ3v) is 2.80. The van der Waals surface area contributed by atoms with Crippen LogP contribution in [0, 0.1) is 0 Å². The summed E-state index contributed by atoms with van der Waals surface area (Å²) >= 11 is 0. The fourth-order valence-corrected chi connectivity index (χ4v) is 1.86. The van der Waals surface area contributed by atoms with E-state index in [4.69, 9.17) is 0 Å². The van der Waals surface area contributed by atoms with Crippen LogP contribution in [0.2, 0.25) is 0 Å². The van der Waals surface area contributed by atoms with Crippen molar-refractivity contribution in [3.63, 3.8) is 0 Å². The van der Waals surface area contributed by atoms with Gasteiger partial charge in [-0.05, 0) is 6.07 Å². The summed E-state index contributed by atoms with van der Waals surface area (Å²) in [6.07, 6.45) is -3.88. The zero-order valence-corrected chi connectivity index (χ0v) is 10.3. The topological polar surface area (TPSA) is 42.7 Å². The van der Waals surface area contributed by atoms with E-state index in [9.17, 15) is 13.2 Å². The molecule has 2 heterocycles. The number of hydrogen-bond donors (Lipinski definition) is 1. The standard InChI is InChI=1S/C11H13F3N4/c1-4-8-17-9-6(11(12,13)14)5-7(15-2)16-10(9)18(8)3/h5H,4H2,1-3H3,(H,15,16). The number of aromatic nitrogens is 3. The Morgan fingerprint density at radius 1 is 1.33 bits per heavy atom. The summed E-state index contributed by atoms with van der Waals surface area (Å²) in [7, 11) is 3.20.